The van der Waals surface area contributed by atoms with Crippen molar-refractivity contribution in [2.45, 2.75) is 70.9 Å². The Labute approximate surface area is 117 Å². The first-order valence-electron chi connectivity index (χ1n) is 8.03. The topological polar surface area (TPSA) is 12.0 Å². The zero-order valence-corrected chi connectivity index (χ0v) is 12.4. The summed E-state index contributed by atoms with van der Waals surface area (Å²) in [6, 6.07) is 10.1. The van der Waals surface area contributed by atoms with Crippen LogP contribution >= 0.6 is 0 Å². The molecule has 0 heterocycles. The van der Waals surface area contributed by atoms with Gasteiger partial charge in [0.25, 0.3) is 0 Å². The van der Waals surface area contributed by atoms with Gasteiger partial charge in [0.2, 0.25) is 0 Å². The Hall–Kier alpha value is -0.820. The third kappa shape index (κ3) is 2.45. The fraction of sp³-hybridized carbons (Fsp3) is 0.667. The Morgan fingerprint density at radius 3 is 2.47 bits per heavy atom. The molecule has 2 atom stereocenters. The number of aryl methyl sites for hydroxylation is 1. The Balaban J connectivity index is 1.67. The molecular formula is C18H27N. The second-order valence-electron chi connectivity index (χ2n) is 6.76. The molecule has 0 aromatic heterocycles. The fourth-order valence-corrected chi connectivity index (χ4v) is 4.28. The van der Waals surface area contributed by atoms with Crippen LogP contribution in [0.2, 0.25) is 0 Å². The summed E-state index contributed by atoms with van der Waals surface area (Å²) in [6.45, 7) is 4.56. The van der Waals surface area contributed by atoms with E-state index in [4.69, 9.17) is 0 Å². The monoisotopic (exact) mass is 257 g/mol. The van der Waals surface area contributed by atoms with Gasteiger partial charge in [-0.3, -0.25) is 0 Å². The number of rotatable bonds is 3. The summed E-state index contributed by atoms with van der Waals surface area (Å²) in [6.07, 6.45) is 10.1. The van der Waals surface area contributed by atoms with Crippen LogP contribution in [-0.4, -0.2) is 6.04 Å². The predicted molar refractivity (Wildman–Crippen MR) is 81.3 cm³/mol. The first-order chi connectivity index (χ1) is 9.21. The van der Waals surface area contributed by atoms with Crippen molar-refractivity contribution in [3.8, 4) is 0 Å². The summed E-state index contributed by atoms with van der Waals surface area (Å²) >= 11 is 0. The average Bonchev–Trinajstić information content (AvgIpc) is 2.45. The predicted octanol–water partition coefficient (Wildman–Crippen LogP) is 4.76. The van der Waals surface area contributed by atoms with Crippen molar-refractivity contribution in [2.75, 3.05) is 0 Å². The van der Waals surface area contributed by atoms with E-state index in [0.717, 1.165) is 6.04 Å². The van der Waals surface area contributed by atoms with Gasteiger partial charge in [0.05, 0.1) is 0 Å². The van der Waals surface area contributed by atoms with E-state index in [1.165, 1.54) is 56.1 Å². The van der Waals surface area contributed by atoms with Crippen LogP contribution in [-0.2, 0) is 0 Å². The molecule has 1 heteroatoms. The normalized spacial score (nSPS) is 26.9. The first-order valence-corrected chi connectivity index (χ1v) is 8.03. The molecule has 2 fully saturated rings. The first kappa shape index (κ1) is 13.2. The van der Waals surface area contributed by atoms with E-state index in [1.54, 1.807) is 0 Å². The van der Waals surface area contributed by atoms with Gasteiger partial charge >= 0.3 is 0 Å². The molecule has 1 N–H and O–H groups in total. The van der Waals surface area contributed by atoms with Crippen LogP contribution in [0.1, 0.15) is 69.0 Å². The number of hydrogen-bond donors (Lipinski definition) is 1. The number of nitrogens with one attached hydrogen (secondary N) is 1. The zero-order chi connectivity index (χ0) is 13.3. The van der Waals surface area contributed by atoms with Gasteiger partial charge in [-0.25, -0.2) is 0 Å². The highest BCUT2D eigenvalue weighted by molar-refractivity contribution is 5.28. The summed E-state index contributed by atoms with van der Waals surface area (Å²) in [4.78, 5) is 0. The lowest BCUT2D eigenvalue weighted by molar-refractivity contribution is 0.0174. The van der Waals surface area contributed by atoms with E-state index in [9.17, 15) is 0 Å². The summed E-state index contributed by atoms with van der Waals surface area (Å²) < 4.78 is 0. The molecule has 2 aliphatic carbocycles. The van der Waals surface area contributed by atoms with Crippen molar-refractivity contribution in [3.05, 3.63) is 35.4 Å². The maximum atomic E-state index is 3.93. The Bertz CT molecular complexity index is 431. The minimum absolute atomic E-state index is 0.491. The number of benzene rings is 1. The highest BCUT2D eigenvalue weighted by atomic mass is 15.0. The molecule has 104 valence electrons. The van der Waals surface area contributed by atoms with Gasteiger partial charge in [0, 0.05) is 12.1 Å². The molecule has 0 amide bonds. The standard InChI is InChI=1S/C18H27N/c1-14-8-4-5-9-16(14)15(2)19-17-10-13-18(17)11-6-3-7-12-18/h4-5,8-9,15,17,19H,3,6-7,10-13H2,1-2H3/t15-,17?/m1/s1. The van der Waals surface area contributed by atoms with E-state index in [-0.39, 0.29) is 0 Å². The molecule has 19 heavy (non-hydrogen) atoms. The van der Waals surface area contributed by atoms with Gasteiger partial charge in [0.15, 0.2) is 0 Å². The lowest BCUT2D eigenvalue weighted by Gasteiger charge is -2.53. The highest BCUT2D eigenvalue weighted by Gasteiger charge is 2.46. The second kappa shape index (κ2) is 5.28. The van der Waals surface area contributed by atoms with E-state index >= 15 is 0 Å². The molecule has 2 aliphatic rings. The second-order valence-corrected chi connectivity index (χ2v) is 6.76. The molecule has 3 rings (SSSR count). The van der Waals surface area contributed by atoms with Crippen LogP contribution < -0.4 is 5.32 Å². The van der Waals surface area contributed by atoms with Gasteiger partial charge in [-0.15, -0.1) is 0 Å². The van der Waals surface area contributed by atoms with Gasteiger partial charge < -0.3 is 5.32 Å². The maximum absolute atomic E-state index is 3.93. The summed E-state index contributed by atoms with van der Waals surface area (Å²) in [5, 5.41) is 3.93. The van der Waals surface area contributed by atoms with Crippen molar-refractivity contribution in [1.29, 1.82) is 0 Å². The molecule has 0 aliphatic heterocycles. The molecule has 1 aromatic carbocycles. The van der Waals surface area contributed by atoms with Crippen LogP contribution in [0.3, 0.4) is 0 Å². The molecule has 1 spiro atoms. The van der Waals surface area contributed by atoms with Crippen molar-refractivity contribution < 1.29 is 0 Å². The average molecular weight is 257 g/mol. The summed E-state index contributed by atoms with van der Waals surface area (Å²) in [5.41, 5.74) is 3.55. The molecule has 0 bridgehead atoms. The zero-order valence-electron chi connectivity index (χ0n) is 12.4. The van der Waals surface area contributed by atoms with E-state index < -0.39 is 0 Å². The van der Waals surface area contributed by atoms with Crippen LogP contribution in [0.4, 0.5) is 0 Å². The minimum atomic E-state index is 0.491. The van der Waals surface area contributed by atoms with E-state index in [1.807, 2.05) is 0 Å². The molecule has 1 unspecified atom stereocenters. The molecule has 0 saturated heterocycles. The van der Waals surface area contributed by atoms with Gasteiger partial charge in [-0.05, 0) is 56.1 Å². The van der Waals surface area contributed by atoms with Crippen molar-refractivity contribution in [3.63, 3.8) is 0 Å². The van der Waals surface area contributed by atoms with Crippen LogP contribution in [0.5, 0.6) is 0 Å². The third-order valence-electron chi connectivity index (χ3n) is 5.63. The number of hydrogen-bond acceptors (Lipinski definition) is 1. The molecular weight excluding hydrogens is 230 g/mol. The fourth-order valence-electron chi connectivity index (χ4n) is 4.28. The maximum Gasteiger partial charge on any atom is 0.0297 e. The van der Waals surface area contributed by atoms with Gasteiger partial charge in [0.1, 0.15) is 0 Å². The van der Waals surface area contributed by atoms with Crippen molar-refractivity contribution in [1.82, 2.24) is 5.32 Å². The Morgan fingerprint density at radius 2 is 1.84 bits per heavy atom. The lowest BCUT2D eigenvalue weighted by atomic mass is 9.57. The van der Waals surface area contributed by atoms with Gasteiger partial charge in [-0.1, -0.05) is 43.5 Å². The van der Waals surface area contributed by atoms with Crippen LogP contribution in [0.15, 0.2) is 24.3 Å². The highest BCUT2D eigenvalue weighted by Crippen LogP contribution is 2.52. The minimum Gasteiger partial charge on any atom is -0.307 e. The van der Waals surface area contributed by atoms with Crippen LogP contribution in [0.25, 0.3) is 0 Å². The quantitative estimate of drug-likeness (QED) is 0.823. The summed E-state index contributed by atoms with van der Waals surface area (Å²) in [5.74, 6) is 0. The molecule has 2 saturated carbocycles. The SMILES string of the molecule is Cc1ccccc1[C@@H](C)NC1CCC12CCCCC2. The van der Waals surface area contributed by atoms with Crippen molar-refractivity contribution >= 4 is 0 Å². The summed E-state index contributed by atoms with van der Waals surface area (Å²) in [7, 11) is 0. The molecule has 1 nitrogen and oxygen atoms in total. The third-order valence-corrected chi connectivity index (χ3v) is 5.63. The smallest absolute Gasteiger partial charge is 0.0297 e. The van der Waals surface area contributed by atoms with E-state index in [2.05, 4.69) is 43.4 Å². The Kier molecular flexibility index (Phi) is 3.66. The largest absolute Gasteiger partial charge is 0.307 e. The Morgan fingerprint density at radius 1 is 1.11 bits per heavy atom. The van der Waals surface area contributed by atoms with Gasteiger partial charge in [-0.2, -0.15) is 0 Å². The lowest BCUT2D eigenvalue weighted by Crippen LogP contribution is -2.54. The molecule has 0 radical (unpaired) electrons. The molecule has 1 aromatic rings. The van der Waals surface area contributed by atoms with Crippen LogP contribution in [0, 0.1) is 12.3 Å². The van der Waals surface area contributed by atoms with E-state index in [0.29, 0.717) is 11.5 Å². The van der Waals surface area contributed by atoms with Crippen molar-refractivity contribution in [2.24, 2.45) is 5.41 Å².